The Balaban J connectivity index is 3.38. The highest BCUT2D eigenvalue weighted by Crippen LogP contribution is 2.44. The number of aldehydes is 1. The standard InChI is InChI=1S/C9H5F9N2O2/c1-20-3(2-21)4(8(14,15)16)5(19-20)22-9(17,18)7(12,13)6(10)11/h2,6H,1H3. The van der Waals surface area contributed by atoms with Crippen LogP contribution in [0.4, 0.5) is 39.5 Å². The molecule has 13 heteroatoms. The largest absolute Gasteiger partial charge is 0.471 e. The summed E-state index contributed by atoms with van der Waals surface area (Å²) in [5, 5.41) is 2.69. The van der Waals surface area contributed by atoms with Gasteiger partial charge in [-0.05, 0) is 0 Å². The molecule has 0 amide bonds. The van der Waals surface area contributed by atoms with Crippen LogP contribution < -0.4 is 4.74 Å². The van der Waals surface area contributed by atoms with Crippen LogP contribution in [0.25, 0.3) is 0 Å². The monoisotopic (exact) mass is 344 g/mol. The summed E-state index contributed by atoms with van der Waals surface area (Å²) in [6.45, 7) is 0. The quantitative estimate of drug-likeness (QED) is 0.609. The number of rotatable bonds is 5. The number of hydrogen-bond donors (Lipinski definition) is 0. The van der Waals surface area contributed by atoms with E-state index in [9.17, 15) is 44.3 Å². The summed E-state index contributed by atoms with van der Waals surface area (Å²) in [4.78, 5) is 10.5. The molecule has 0 bridgehead atoms. The third-order valence-electron chi connectivity index (χ3n) is 2.34. The molecule has 0 aliphatic rings. The maximum absolute atomic E-state index is 13.0. The normalized spacial score (nSPS) is 13.6. The molecular formula is C9H5F9N2O2. The van der Waals surface area contributed by atoms with Crippen molar-refractivity contribution in [3.63, 3.8) is 0 Å². The lowest BCUT2D eigenvalue weighted by molar-refractivity contribution is -0.343. The third kappa shape index (κ3) is 2.97. The van der Waals surface area contributed by atoms with Crippen molar-refractivity contribution in [2.45, 2.75) is 24.6 Å². The van der Waals surface area contributed by atoms with E-state index in [2.05, 4.69) is 9.84 Å². The SMILES string of the molecule is Cn1nc(OC(F)(F)C(F)(F)C(F)F)c(C(F)(F)F)c1C=O. The fourth-order valence-corrected chi connectivity index (χ4v) is 1.30. The number of carbonyl (C=O) groups is 1. The first-order chi connectivity index (χ1) is 9.75. The molecule has 0 radical (unpaired) electrons. The average Bonchev–Trinajstić information content (AvgIpc) is 2.63. The number of hydrogen-bond acceptors (Lipinski definition) is 3. The second-order valence-corrected chi connectivity index (χ2v) is 3.85. The van der Waals surface area contributed by atoms with Crippen molar-refractivity contribution in [1.82, 2.24) is 9.78 Å². The van der Waals surface area contributed by atoms with Gasteiger partial charge in [0.05, 0.1) is 0 Å². The van der Waals surface area contributed by atoms with Crippen LogP contribution in [0.15, 0.2) is 0 Å². The molecule has 0 aliphatic heterocycles. The zero-order valence-electron chi connectivity index (χ0n) is 10.3. The second kappa shape index (κ2) is 5.35. The summed E-state index contributed by atoms with van der Waals surface area (Å²) in [6, 6.07) is 0. The lowest BCUT2D eigenvalue weighted by Crippen LogP contribution is -2.50. The highest BCUT2D eigenvalue weighted by atomic mass is 19.4. The van der Waals surface area contributed by atoms with Gasteiger partial charge in [0.15, 0.2) is 6.29 Å². The van der Waals surface area contributed by atoms with Gasteiger partial charge >= 0.3 is 24.6 Å². The van der Waals surface area contributed by atoms with Gasteiger partial charge in [0.1, 0.15) is 11.3 Å². The minimum absolute atomic E-state index is 0.127. The Kier molecular flexibility index (Phi) is 4.40. The van der Waals surface area contributed by atoms with Crippen LogP contribution >= 0.6 is 0 Å². The van der Waals surface area contributed by atoms with Crippen molar-refractivity contribution >= 4 is 6.29 Å². The van der Waals surface area contributed by atoms with E-state index in [1.165, 1.54) is 0 Å². The molecule has 126 valence electrons. The molecule has 0 N–H and O–H groups in total. The predicted octanol–water partition coefficient (Wildman–Crippen LogP) is 3.12. The molecule has 0 saturated carbocycles. The van der Waals surface area contributed by atoms with Crippen molar-refractivity contribution < 1.29 is 49.0 Å². The van der Waals surface area contributed by atoms with Crippen molar-refractivity contribution in [1.29, 1.82) is 0 Å². The Morgan fingerprint density at radius 2 is 1.64 bits per heavy atom. The summed E-state index contributed by atoms with van der Waals surface area (Å²) in [5.74, 6) is -8.20. The fraction of sp³-hybridized carbons (Fsp3) is 0.556. The zero-order chi connectivity index (χ0) is 17.5. The first-order valence-electron chi connectivity index (χ1n) is 5.08. The molecule has 0 saturated heterocycles. The van der Waals surface area contributed by atoms with Crippen LogP contribution in [-0.4, -0.2) is 34.5 Å². The summed E-state index contributed by atoms with van der Waals surface area (Å²) < 4.78 is 116. The van der Waals surface area contributed by atoms with Gasteiger partial charge in [-0.15, -0.1) is 5.10 Å². The van der Waals surface area contributed by atoms with Crippen molar-refractivity contribution in [3.05, 3.63) is 11.3 Å². The van der Waals surface area contributed by atoms with Gasteiger partial charge in [0.2, 0.25) is 0 Å². The molecule has 1 aromatic rings. The smallest absolute Gasteiger partial charge is 0.408 e. The van der Waals surface area contributed by atoms with Crippen LogP contribution in [0.2, 0.25) is 0 Å². The summed E-state index contributed by atoms with van der Waals surface area (Å²) in [7, 11) is 0.704. The molecule has 0 fully saturated rings. The number of aryl methyl sites for hydroxylation is 1. The van der Waals surface area contributed by atoms with E-state index in [-0.39, 0.29) is 4.68 Å². The van der Waals surface area contributed by atoms with Crippen molar-refractivity contribution in [2.75, 3.05) is 0 Å². The first kappa shape index (κ1) is 18.1. The Morgan fingerprint density at radius 3 is 2.00 bits per heavy atom. The summed E-state index contributed by atoms with van der Waals surface area (Å²) in [5.41, 5.74) is -3.49. The van der Waals surface area contributed by atoms with Crippen molar-refractivity contribution in [2.24, 2.45) is 7.05 Å². The maximum atomic E-state index is 13.0. The van der Waals surface area contributed by atoms with E-state index in [0.29, 0.717) is 7.05 Å². The number of nitrogens with zero attached hydrogens (tertiary/aromatic N) is 2. The van der Waals surface area contributed by atoms with E-state index >= 15 is 0 Å². The highest BCUT2D eigenvalue weighted by Gasteiger charge is 2.66. The number of alkyl halides is 9. The van der Waals surface area contributed by atoms with Crippen LogP contribution in [0, 0.1) is 0 Å². The number of carbonyl (C=O) groups excluding carboxylic acids is 1. The summed E-state index contributed by atoms with van der Waals surface area (Å²) >= 11 is 0. The van der Waals surface area contributed by atoms with E-state index in [4.69, 9.17) is 0 Å². The van der Waals surface area contributed by atoms with Gasteiger partial charge in [-0.25, -0.2) is 8.78 Å². The highest BCUT2D eigenvalue weighted by molar-refractivity contribution is 5.76. The lowest BCUT2D eigenvalue weighted by atomic mass is 10.2. The molecule has 22 heavy (non-hydrogen) atoms. The molecule has 0 aromatic carbocycles. The molecule has 0 unspecified atom stereocenters. The maximum Gasteiger partial charge on any atom is 0.471 e. The molecular weight excluding hydrogens is 339 g/mol. The summed E-state index contributed by atoms with van der Waals surface area (Å²) in [6.07, 6.45) is -16.8. The van der Waals surface area contributed by atoms with E-state index < -0.39 is 48.1 Å². The topological polar surface area (TPSA) is 44.1 Å². The third-order valence-corrected chi connectivity index (χ3v) is 2.34. The van der Waals surface area contributed by atoms with Crippen LogP contribution in [-0.2, 0) is 13.2 Å². The molecule has 1 heterocycles. The number of ether oxygens (including phenoxy) is 1. The van der Waals surface area contributed by atoms with Gasteiger partial charge in [0, 0.05) is 7.05 Å². The molecule has 4 nitrogen and oxygen atoms in total. The van der Waals surface area contributed by atoms with Gasteiger partial charge in [0.25, 0.3) is 5.88 Å². The number of aromatic nitrogens is 2. The van der Waals surface area contributed by atoms with Crippen LogP contribution in [0.3, 0.4) is 0 Å². The Bertz CT molecular complexity index is 564. The van der Waals surface area contributed by atoms with Crippen molar-refractivity contribution in [3.8, 4) is 5.88 Å². The van der Waals surface area contributed by atoms with Gasteiger partial charge < -0.3 is 4.74 Å². The number of halogens is 9. The van der Waals surface area contributed by atoms with E-state index in [1.807, 2.05) is 0 Å². The fourth-order valence-electron chi connectivity index (χ4n) is 1.30. The molecule has 1 aromatic heterocycles. The zero-order valence-corrected chi connectivity index (χ0v) is 10.3. The molecule has 1 rings (SSSR count). The van der Waals surface area contributed by atoms with E-state index in [1.54, 1.807) is 0 Å². The van der Waals surface area contributed by atoms with Gasteiger partial charge in [-0.2, -0.15) is 30.7 Å². The van der Waals surface area contributed by atoms with Gasteiger partial charge in [-0.1, -0.05) is 0 Å². The molecule has 0 atom stereocenters. The van der Waals surface area contributed by atoms with Gasteiger partial charge in [-0.3, -0.25) is 9.48 Å². The first-order valence-corrected chi connectivity index (χ1v) is 5.08. The second-order valence-electron chi connectivity index (χ2n) is 3.85. The van der Waals surface area contributed by atoms with E-state index in [0.717, 1.165) is 0 Å². The lowest BCUT2D eigenvalue weighted by Gasteiger charge is -2.25. The Hall–Kier alpha value is -1.95. The van der Waals surface area contributed by atoms with Crippen LogP contribution in [0.1, 0.15) is 16.1 Å². The molecule has 0 aliphatic carbocycles. The predicted molar refractivity (Wildman–Crippen MR) is 50.1 cm³/mol. The average molecular weight is 344 g/mol. The van der Waals surface area contributed by atoms with Crippen LogP contribution in [0.5, 0.6) is 5.88 Å². The minimum atomic E-state index is -6.07. The Labute approximate surface area is 115 Å². The minimum Gasteiger partial charge on any atom is -0.408 e. The molecule has 0 spiro atoms. The Morgan fingerprint density at radius 1 is 1.14 bits per heavy atom.